The first-order chi connectivity index (χ1) is 14.3. The van der Waals surface area contributed by atoms with Crippen molar-refractivity contribution in [2.24, 2.45) is 5.10 Å². The molecule has 8 heteroatoms. The van der Waals surface area contributed by atoms with E-state index in [0.717, 1.165) is 35.0 Å². The van der Waals surface area contributed by atoms with Crippen LogP contribution in [0.3, 0.4) is 0 Å². The summed E-state index contributed by atoms with van der Waals surface area (Å²) in [4.78, 5) is 12.6. The molecule has 0 unspecified atom stereocenters. The maximum atomic E-state index is 13.2. The lowest BCUT2D eigenvalue weighted by Crippen LogP contribution is -2.40. The molecule has 0 aliphatic heterocycles. The van der Waals surface area contributed by atoms with Crippen molar-refractivity contribution >= 4 is 37.6 Å². The molecule has 30 heavy (non-hydrogen) atoms. The zero-order valence-corrected chi connectivity index (χ0v) is 19.7. The van der Waals surface area contributed by atoms with E-state index in [4.69, 9.17) is 0 Å². The fourth-order valence-corrected chi connectivity index (χ4v) is 4.44. The predicted octanol–water partition coefficient (Wildman–Crippen LogP) is 4.36. The summed E-state index contributed by atoms with van der Waals surface area (Å²) in [5.74, 6) is -0.459. The van der Waals surface area contributed by atoms with Gasteiger partial charge in [-0.25, -0.2) is 13.8 Å². The first kappa shape index (κ1) is 24.2. The molecule has 0 aliphatic carbocycles. The fraction of sp³-hybridized carbons (Fsp3) is 0.364. The van der Waals surface area contributed by atoms with Crippen molar-refractivity contribution in [2.75, 3.05) is 13.1 Å². The van der Waals surface area contributed by atoms with Gasteiger partial charge in [0.05, 0.1) is 11.4 Å². The number of carbonyl (C=O) groups is 1. The zero-order chi connectivity index (χ0) is 22.0. The van der Waals surface area contributed by atoms with Gasteiger partial charge in [-0.3, -0.25) is 4.79 Å². The van der Waals surface area contributed by atoms with Crippen LogP contribution >= 0.6 is 15.9 Å². The van der Waals surface area contributed by atoms with Crippen molar-refractivity contribution in [2.45, 2.75) is 44.4 Å². The van der Waals surface area contributed by atoms with Gasteiger partial charge in [0.15, 0.2) is 0 Å². The lowest BCUT2D eigenvalue weighted by molar-refractivity contribution is -0.121. The predicted molar refractivity (Wildman–Crippen MR) is 124 cm³/mol. The molecule has 0 atom stereocenters. The minimum atomic E-state index is -3.83. The molecular formula is C22H28BrN3O3S. The number of halogens is 1. The molecule has 0 aromatic heterocycles. The number of carbonyl (C=O) groups excluding carboxylic acids is 1. The molecule has 0 fully saturated rings. The van der Waals surface area contributed by atoms with E-state index in [9.17, 15) is 13.2 Å². The molecule has 0 aliphatic rings. The second kappa shape index (κ2) is 12.0. The highest BCUT2D eigenvalue weighted by molar-refractivity contribution is 9.10. The van der Waals surface area contributed by atoms with Gasteiger partial charge in [0.2, 0.25) is 10.0 Å². The molecule has 0 saturated carbocycles. The molecule has 2 rings (SSSR count). The maximum Gasteiger partial charge on any atom is 0.255 e. The van der Waals surface area contributed by atoms with Crippen LogP contribution in [0.25, 0.3) is 0 Å². The van der Waals surface area contributed by atoms with Crippen LogP contribution in [0.2, 0.25) is 0 Å². The second-order valence-corrected chi connectivity index (χ2v) is 9.87. The van der Waals surface area contributed by atoms with Gasteiger partial charge in [-0.15, -0.1) is 0 Å². The molecule has 0 spiro atoms. The average molecular weight is 494 g/mol. The Hall–Kier alpha value is -2.03. The molecule has 0 heterocycles. The molecule has 1 N–H and O–H groups in total. The van der Waals surface area contributed by atoms with Gasteiger partial charge in [0.1, 0.15) is 0 Å². The molecule has 0 saturated heterocycles. The van der Waals surface area contributed by atoms with Crippen molar-refractivity contribution in [3.63, 3.8) is 0 Å². The van der Waals surface area contributed by atoms with E-state index in [2.05, 4.69) is 33.4 Å². The van der Waals surface area contributed by atoms with Crippen LogP contribution in [-0.4, -0.2) is 37.4 Å². The molecule has 0 bridgehead atoms. The minimum Gasteiger partial charge on any atom is -0.272 e. The number of unbranched alkanes of at least 4 members (excludes halogenated alkanes) is 1. The van der Waals surface area contributed by atoms with Crippen molar-refractivity contribution in [1.82, 2.24) is 9.73 Å². The Bertz CT molecular complexity index is 945. The standard InChI is InChI=1S/C22H28BrN3O3S/c1-3-4-8-18(2)24-25-22(27)17-26(16-15-19-9-6-5-7-10-19)30(28,29)21-13-11-20(23)12-14-21/h5-7,9-14H,3-4,8,15-17H2,1-2H3,(H,25,27)/b24-18-. The smallest absolute Gasteiger partial charge is 0.255 e. The number of hydrogen-bond donors (Lipinski definition) is 1. The van der Waals surface area contributed by atoms with E-state index in [1.807, 2.05) is 37.3 Å². The number of sulfonamides is 1. The summed E-state index contributed by atoms with van der Waals surface area (Å²) < 4.78 is 28.3. The molecule has 0 radical (unpaired) electrons. The van der Waals surface area contributed by atoms with E-state index in [1.165, 1.54) is 16.4 Å². The highest BCUT2D eigenvalue weighted by Crippen LogP contribution is 2.19. The lowest BCUT2D eigenvalue weighted by atomic mass is 10.1. The second-order valence-electron chi connectivity index (χ2n) is 7.01. The molecular weight excluding hydrogens is 466 g/mol. The van der Waals surface area contributed by atoms with Crippen molar-refractivity contribution in [3.05, 3.63) is 64.6 Å². The van der Waals surface area contributed by atoms with Gasteiger partial charge in [0.25, 0.3) is 5.91 Å². The first-order valence-corrected chi connectivity index (χ1v) is 12.2. The van der Waals surface area contributed by atoms with E-state index in [0.29, 0.717) is 6.42 Å². The van der Waals surface area contributed by atoms with Crippen molar-refractivity contribution in [1.29, 1.82) is 0 Å². The van der Waals surface area contributed by atoms with Crippen molar-refractivity contribution in [3.8, 4) is 0 Å². The third kappa shape index (κ3) is 7.66. The highest BCUT2D eigenvalue weighted by Gasteiger charge is 2.26. The lowest BCUT2D eigenvalue weighted by Gasteiger charge is -2.21. The van der Waals surface area contributed by atoms with Crippen LogP contribution in [0, 0.1) is 0 Å². The van der Waals surface area contributed by atoms with Gasteiger partial charge in [-0.1, -0.05) is 59.6 Å². The summed E-state index contributed by atoms with van der Waals surface area (Å²) in [5, 5.41) is 4.09. The van der Waals surface area contributed by atoms with E-state index in [-0.39, 0.29) is 18.0 Å². The SMILES string of the molecule is CCCC/C(C)=N\NC(=O)CN(CCc1ccccc1)S(=O)(=O)c1ccc(Br)cc1. The van der Waals surface area contributed by atoms with Crippen LogP contribution in [0.4, 0.5) is 0 Å². The maximum absolute atomic E-state index is 13.2. The fourth-order valence-electron chi connectivity index (χ4n) is 2.78. The van der Waals surface area contributed by atoms with Gasteiger partial charge in [-0.2, -0.15) is 9.41 Å². The summed E-state index contributed by atoms with van der Waals surface area (Å²) in [6.07, 6.45) is 3.33. The van der Waals surface area contributed by atoms with Crippen LogP contribution in [0.1, 0.15) is 38.7 Å². The zero-order valence-electron chi connectivity index (χ0n) is 17.3. The van der Waals surface area contributed by atoms with Crippen LogP contribution in [0.15, 0.2) is 69.1 Å². The number of hydrogen-bond acceptors (Lipinski definition) is 4. The summed E-state index contributed by atoms with van der Waals surface area (Å²) in [6.45, 7) is 3.83. The average Bonchev–Trinajstić information content (AvgIpc) is 2.74. The van der Waals surface area contributed by atoms with Gasteiger partial charge in [-0.05, 0) is 56.0 Å². The third-order valence-corrected chi connectivity index (χ3v) is 6.92. The number of hydrazone groups is 1. The summed E-state index contributed by atoms with van der Waals surface area (Å²) >= 11 is 3.32. The Labute approximate surface area is 187 Å². The Morgan fingerprint density at radius 2 is 1.77 bits per heavy atom. The third-order valence-electron chi connectivity index (χ3n) is 4.53. The van der Waals surface area contributed by atoms with Crippen LogP contribution in [0.5, 0.6) is 0 Å². The molecule has 1 amide bonds. The van der Waals surface area contributed by atoms with Crippen LogP contribution < -0.4 is 5.43 Å². The van der Waals surface area contributed by atoms with Gasteiger partial charge in [0, 0.05) is 16.7 Å². The number of nitrogens with one attached hydrogen (secondary N) is 1. The summed E-state index contributed by atoms with van der Waals surface area (Å²) in [5.41, 5.74) is 4.31. The van der Waals surface area contributed by atoms with E-state index >= 15 is 0 Å². The number of amides is 1. The molecule has 2 aromatic rings. The van der Waals surface area contributed by atoms with Crippen LogP contribution in [-0.2, 0) is 21.2 Å². The Balaban J connectivity index is 2.16. The largest absolute Gasteiger partial charge is 0.272 e. The normalized spacial score (nSPS) is 12.2. The summed E-state index contributed by atoms with van der Waals surface area (Å²) in [6, 6.07) is 16.0. The van der Waals surface area contributed by atoms with Gasteiger partial charge < -0.3 is 0 Å². The molecule has 162 valence electrons. The van der Waals surface area contributed by atoms with E-state index < -0.39 is 15.9 Å². The Kier molecular flexibility index (Phi) is 9.68. The van der Waals surface area contributed by atoms with E-state index in [1.54, 1.807) is 12.1 Å². The Morgan fingerprint density at radius 3 is 2.40 bits per heavy atom. The minimum absolute atomic E-state index is 0.147. The number of rotatable bonds is 11. The van der Waals surface area contributed by atoms with Gasteiger partial charge >= 0.3 is 0 Å². The number of nitrogens with zero attached hydrogens (tertiary/aromatic N) is 2. The molecule has 6 nitrogen and oxygen atoms in total. The Morgan fingerprint density at radius 1 is 1.10 bits per heavy atom. The topological polar surface area (TPSA) is 78.8 Å². The summed E-state index contributed by atoms with van der Waals surface area (Å²) in [7, 11) is -3.83. The quantitative estimate of drug-likeness (QED) is 0.372. The monoisotopic (exact) mass is 493 g/mol. The first-order valence-electron chi connectivity index (χ1n) is 9.94. The number of benzene rings is 2. The highest BCUT2D eigenvalue weighted by atomic mass is 79.9. The van der Waals surface area contributed by atoms with Crippen molar-refractivity contribution < 1.29 is 13.2 Å². The molecule has 2 aromatic carbocycles.